The molecule has 23 heavy (non-hydrogen) atoms. The van der Waals surface area contributed by atoms with Gasteiger partial charge in [-0.15, -0.1) is 35.3 Å². The van der Waals surface area contributed by atoms with Crippen molar-refractivity contribution in [3.63, 3.8) is 0 Å². The molecule has 1 aliphatic rings. The Hall–Kier alpha value is -0.790. The lowest BCUT2D eigenvalue weighted by Crippen LogP contribution is -2.40. The second-order valence-electron chi connectivity index (χ2n) is 5.65. The van der Waals surface area contributed by atoms with Crippen LogP contribution in [0.1, 0.15) is 23.3 Å². The standard InChI is InChI=1S/C17H20ClN3S.HI/c1-19-16(20-11-15-6-3-9-22-15)21-12-17(7-8-17)13-4-2-5-14(18)10-13;/h2-6,9-10H,7-8,11-12H2,1H3,(H2,19,20,21);1H. The molecule has 0 saturated heterocycles. The minimum Gasteiger partial charge on any atom is -0.356 e. The second kappa shape index (κ2) is 8.35. The van der Waals surface area contributed by atoms with Gasteiger partial charge in [0.15, 0.2) is 5.96 Å². The summed E-state index contributed by atoms with van der Waals surface area (Å²) in [5, 5.41) is 9.71. The van der Waals surface area contributed by atoms with Gasteiger partial charge in [-0.3, -0.25) is 4.99 Å². The molecule has 0 spiro atoms. The fraction of sp³-hybridized carbons (Fsp3) is 0.353. The first kappa shape index (κ1) is 18.5. The first-order chi connectivity index (χ1) is 10.7. The summed E-state index contributed by atoms with van der Waals surface area (Å²) in [6, 6.07) is 12.4. The van der Waals surface area contributed by atoms with Crippen LogP contribution in [0.25, 0.3) is 0 Å². The van der Waals surface area contributed by atoms with E-state index in [9.17, 15) is 0 Å². The van der Waals surface area contributed by atoms with Crippen LogP contribution in [0.2, 0.25) is 5.02 Å². The SMILES string of the molecule is CN=C(NCc1cccs1)NCC1(c2cccc(Cl)c2)CC1.I. The molecule has 0 aliphatic heterocycles. The van der Waals surface area contributed by atoms with Crippen molar-refractivity contribution in [1.82, 2.24) is 10.6 Å². The van der Waals surface area contributed by atoms with Crippen molar-refractivity contribution >= 4 is 52.9 Å². The second-order valence-corrected chi connectivity index (χ2v) is 7.12. The van der Waals surface area contributed by atoms with Crippen molar-refractivity contribution in [3.8, 4) is 0 Å². The maximum absolute atomic E-state index is 6.12. The minimum atomic E-state index is 0. The molecule has 0 atom stereocenters. The third kappa shape index (κ3) is 4.84. The van der Waals surface area contributed by atoms with Crippen LogP contribution in [0.15, 0.2) is 46.8 Å². The molecule has 1 saturated carbocycles. The number of hydrogen-bond donors (Lipinski definition) is 2. The van der Waals surface area contributed by atoms with E-state index in [2.05, 4.69) is 45.3 Å². The highest BCUT2D eigenvalue weighted by Crippen LogP contribution is 2.48. The number of nitrogens with zero attached hydrogens (tertiary/aromatic N) is 1. The summed E-state index contributed by atoms with van der Waals surface area (Å²) in [5.74, 6) is 0.849. The summed E-state index contributed by atoms with van der Waals surface area (Å²) in [4.78, 5) is 5.61. The highest BCUT2D eigenvalue weighted by Gasteiger charge is 2.44. The Morgan fingerprint density at radius 2 is 2.09 bits per heavy atom. The van der Waals surface area contributed by atoms with Crippen molar-refractivity contribution in [2.24, 2.45) is 4.99 Å². The predicted octanol–water partition coefficient (Wildman–Crippen LogP) is 4.42. The van der Waals surface area contributed by atoms with E-state index in [1.54, 1.807) is 11.3 Å². The van der Waals surface area contributed by atoms with Crippen molar-refractivity contribution in [2.45, 2.75) is 24.8 Å². The molecule has 1 aromatic heterocycles. The zero-order chi connectivity index (χ0) is 15.4. The summed E-state index contributed by atoms with van der Waals surface area (Å²) in [5.41, 5.74) is 1.53. The lowest BCUT2D eigenvalue weighted by Gasteiger charge is -2.19. The van der Waals surface area contributed by atoms with Crippen LogP contribution >= 0.6 is 46.9 Å². The Kier molecular flexibility index (Phi) is 6.73. The van der Waals surface area contributed by atoms with Crippen molar-refractivity contribution < 1.29 is 0 Å². The van der Waals surface area contributed by atoms with Crippen LogP contribution < -0.4 is 10.6 Å². The molecular weight excluding hydrogens is 441 g/mol. The number of hydrogen-bond acceptors (Lipinski definition) is 2. The molecule has 3 nitrogen and oxygen atoms in total. The number of benzene rings is 1. The lowest BCUT2D eigenvalue weighted by molar-refractivity contribution is 0.646. The van der Waals surface area contributed by atoms with Gasteiger partial charge in [-0.2, -0.15) is 0 Å². The summed E-state index contributed by atoms with van der Waals surface area (Å²) < 4.78 is 0. The first-order valence-electron chi connectivity index (χ1n) is 7.45. The molecule has 0 radical (unpaired) electrons. The molecule has 2 aromatic rings. The average Bonchev–Trinajstić information content (AvgIpc) is 3.14. The largest absolute Gasteiger partial charge is 0.356 e. The molecule has 1 fully saturated rings. The maximum atomic E-state index is 6.12. The Labute approximate surface area is 163 Å². The van der Waals surface area contributed by atoms with Gasteiger partial charge in [0.05, 0.1) is 6.54 Å². The van der Waals surface area contributed by atoms with Gasteiger partial charge in [-0.1, -0.05) is 29.8 Å². The van der Waals surface area contributed by atoms with E-state index in [1.807, 2.05) is 19.2 Å². The normalized spacial score (nSPS) is 15.7. The Morgan fingerprint density at radius 1 is 1.26 bits per heavy atom. The van der Waals surface area contributed by atoms with Gasteiger partial charge in [0.1, 0.15) is 0 Å². The summed E-state index contributed by atoms with van der Waals surface area (Å²) >= 11 is 7.87. The van der Waals surface area contributed by atoms with Crippen LogP contribution in [-0.2, 0) is 12.0 Å². The summed E-state index contributed by atoms with van der Waals surface area (Å²) in [6.45, 7) is 1.69. The first-order valence-corrected chi connectivity index (χ1v) is 8.71. The lowest BCUT2D eigenvalue weighted by atomic mass is 9.96. The van der Waals surface area contributed by atoms with Gasteiger partial charge in [-0.05, 0) is 42.0 Å². The van der Waals surface area contributed by atoms with Gasteiger partial charge >= 0.3 is 0 Å². The Balaban J connectivity index is 0.00000192. The highest BCUT2D eigenvalue weighted by atomic mass is 127. The van der Waals surface area contributed by atoms with Gasteiger partial charge in [-0.25, -0.2) is 0 Å². The van der Waals surface area contributed by atoms with Gasteiger partial charge in [0.25, 0.3) is 0 Å². The fourth-order valence-corrected chi connectivity index (χ4v) is 3.43. The van der Waals surface area contributed by atoms with E-state index in [0.717, 1.165) is 24.1 Å². The average molecular weight is 462 g/mol. The monoisotopic (exact) mass is 461 g/mol. The number of rotatable bonds is 5. The molecule has 124 valence electrons. The summed E-state index contributed by atoms with van der Waals surface area (Å²) in [6.07, 6.45) is 2.39. The van der Waals surface area contributed by atoms with E-state index in [4.69, 9.17) is 11.6 Å². The molecule has 0 unspecified atom stereocenters. The Morgan fingerprint density at radius 3 is 2.70 bits per heavy atom. The van der Waals surface area contributed by atoms with Crippen LogP contribution in [0, 0.1) is 0 Å². The van der Waals surface area contributed by atoms with Gasteiger partial charge in [0, 0.05) is 28.9 Å². The maximum Gasteiger partial charge on any atom is 0.191 e. The van der Waals surface area contributed by atoms with Crippen molar-refractivity contribution in [2.75, 3.05) is 13.6 Å². The predicted molar refractivity (Wildman–Crippen MR) is 110 cm³/mol. The van der Waals surface area contributed by atoms with Crippen LogP contribution in [0.5, 0.6) is 0 Å². The van der Waals surface area contributed by atoms with Crippen LogP contribution in [0.4, 0.5) is 0 Å². The number of aliphatic imine (C=N–C) groups is 1. The third-order valence-corrected chi connectivity index (χ3v) is 5.23. The quantitative estimate of drug-likeness (QED) is 0.393. The van der Waals surface area contributed by atoms with Crippen LogP contribution in [0.3, 0.4) is 0 Å². The number of thiophene rings is 1. The molecule has 2 N–H and O–H groups in total. The minimum absolute atomic E-state index is 0. The van der Waals surface area contributed by atoms with Crippen molar-refractivity contribution in [1.29, 1.82) is 0 Å². The molecule has 0 bridgehead atoms. The highest BCUT2D eigenvalue weighted by molar-refractivity contribution is 14.0. The molecule has 6 heteroatoms. The number of guanidine groups is 1. The number of nitrogens with one attached hydrogen (secondary N) is 2. The Bertz CT molecular complexity index is 654. The van der Waals surface area contributed by atoms with E-state index >= 15 is 0 Å². The van der Waals surface area contributed by atoms with E-state index in [1.165, 1.54) is 23.3 Å². The zero-order valence-electron chi connectivity index (χ0n) is 13.0. The molecule has 1 aliphatic carbocycles. The van der Waals surface area contributed by atoms with Gasteiger partial charge in [0.2, 0.25) is 0 Å². The molecule has 1 aromatic carbocycles. The molecular formula is C17H21ClIN3S. The van der Waals surface area contributed by atoms with Crippen molar-refractivity contribution in [3.05, 3.63) is 57.2 Å². The zero-order valence-corrected chi connectivity index (χ0v) is 16.9. The fourth-order valence-electron chi connectivity index (χ4n) is 2.59. The van der Waals surface area contributed by atoms with Gasteiger partial charge < -0.3 is 10.6 Å². The van der Waals surface area contributed by atoms with Crippen LogP contribution in [-0.4, -0.2) is 19.6 Å². The molecule has 1 heterocycles. The third-order valence-electron chi connectivity index (χ3n) is 4.12. The van der Waals surface area contributed by atoms with E-state index in [-0.39, 0.29) is 29.4 Å². The smallest absolute Gasteiger partial charge is 0.191 e. The molecule has 3 rings (SSSR count). The topological polar surface area (TPSA) is 36.4 Å². The molecule has 0 amide bonds. The number of halogens is 2. The van der Waals surface area contributed by atoms with E-state index < -0.39 is 0 Å². The van der Waals surface area contributed by atoms with E-state index in [0.29, 0.717) is 0 Å². The summed E-state index contributed by atoms with van der Waals surface area (Å²) in [7, 11) is 1.81.